The average molecular weight is 410 g/mol. The fourth-order valence-electron chi connectivity index (χ4n) is 3.37. The van der Waals surface area contributed by atoms with Gasteiger partial charge in [0, 0.05) is 11.3 Å². The van der Waals surface area contributed by atoms with Gasteiger partial charge in [0.15, 0.2) is 6.54 Å². The topological polar surface area (TPSA) is 80.2 Å². The highest BCUT2D eigenvalue weighted by atomic mass is 16.5. The van der Waals surface area contributed by atoms with Crippen LogP contribution in [0.4, 0.5) is 5.69 Å². The van der Waals surface area contributed by atoms with Crippen molar-refractivity contribution in [1.82, 2.24) is 4.90 Å². The summed E-state index contributed by atoms with van der Waals surface area (Å²) < 4.78 is 5.09. The fraction of sp³-hybridized carbons (Fsp3) is 0.348. The average Bonchev–Trinajstić information content (AvgIpc) is 2.78. The highest BCUT2D eigenvalue weighted by molar-refractivity contribution is 5.94. The molecule has 1 saturated heterocycles. The molecule has 0 radical (unpaired) electrons. The van der Waals surface area contributed by atoms with Gasteiger partial charge < -0.3 is 19.9 Å². The summed E-state index contributed by atoms with van der Waals surface area (Å²) in [6, 6.07) is 16.0. The number of carbonyl (C=O) groups excluding carboxylic acids is 3. The molecule has 158 valence electrons. The lowest BCUT2D eigenvalue weighted by Gasteiger charge is -2.32. The van der Waals surface area contributed by atoms with E-state index in [0.717, 1.165) is 24.4 Å². The number of esters is 1. The summed E-state index contributed by atoms with van der Waals surface area (Å²) in [6.07, 6.45) is 0.775. The summed E-state index contributed by atoms with van der Waals surface area (Å²) in [5.74, 6) is -0.409. The van der Waals surface area contributed by atoms with Gasteiger partial charge in [-0.05, 0) is 42.8 Å². The van der Waals surface area contributed by atoms with E-state index in [4.69, 9.17) is 4.74 Å². The van der Waals surface area contributed by atoms with Gasteiger partial charge >= 0.3 is 5.97 Å². The number of anilines is 1. The molecule has 0 aromatic heterocycles. The molecule has 1 aliphatic heterocycles. The van der Waals surface area contributed by atoms with Crippen molar-refractivity contribution in [3.63, 3.8) is 0 Å². The first-order valence-corrected chi connectivity index (χ1v) is 10.3. The number of hydrogen-bond acceptors (Lipinski definition) is 4. The molecule has 0 unspecified atom stereocenters. The summed E-state index contributed by atoms with van der Waals surface area (Å²) in [6.45, 7) is 5.39. The van der Waals surface area contributed by atoms with Gasteiger partial charge in [-0.25, -0.2) is 4.79 Å². The van der Waals surface area contributed by atoms with Crippen molar-refractivity contribution in [1.29, 1.82) is 0 Å². The van der Waals surface area contributed by atoms with Crippen molar-refractivity contribution in [3.8, 4) is 0 Å². The Morgan fingerprint density at radius 2 is 1.63 bits per heavy atom. The Bertz CT molecular complexity index is 860. The van der Waals surface area contributed by atoms with Crippen LogP contribution in [-0.2, 0) is 9.53 Å². The maximum absolute atomic E-state index is 12.5. The third kappa shape index (κ3) is 5.90. The molecule has 0 spiro atoms. The second-order valence-corrected chi connectivity index (χ2v) is 7.35. The first-order valence-electron chi connectivity index (χ1n) is 10.3. The molecule has 1 heterocycles. The minimum atomic E-state index is -0.359. The molecular weight excluding hydrogens is 382 g/mol. The van der Waals surface area contributed by atoms with Crippen LogP contribution in [0.2, 0.25) is 0 Å². The van der Waals surface area contributed by atoms with Gasteiger partial charge in [0.2, 0.25) is 0 Å². The number of nitrogens with zero attached hydrogens (tertiary/aromatic N) is 1. The molecule has 2 aromatic carbocycles. The Hall–Kier alpha value is -3.19. The largest absolute Gasteiger partial charge is 0.462 e. The molecule has 30 heavy (non-hydrogen) atoms. The van der Waals surface area contributed by atoms with Crippen LogP contribution >= 0.6 is 0 Å². The summed E-state index contributed by atoms with van der Waals surface area (Å²) in [4.78, 5) is 39.7. The number of benzene rings is 2. The van der Waals surface area contributed by atoms with Crippen molar-refractivity contribution in [3.05, 3.63) is 65.7 Å². The van der Waals surface area contributed by atoms with Gasteiger partial charge in [-0.2, -0.15) is 0 Å². The second kappa shape index (κ2) is 10.5. The lowest BCUT2D eigenvalue weighted by atomic mass is 10.2. The highest BCUT2D eigenvalue weighted by Gasteiger charge is 2.25. The van der Waals surface area contributed by atoms with Gasteiger partial charge in [0.25, 0.3) is 11.8 Å². The summed E-state index contributed by atoms with van der Waals surface area (Å²) >= 11 is 0. The van der Waals surface area contributed by atoms with E-state index in [9.17, 15) is 14.4 Å². The highest BCUT2D eigenvalue weighted by Crippen LogP contribution is 2.10. The lowest BCUT2D eigenvalue weighted by molar-refractivity contribution is -0.895. The number of carbonyl (C=O) groups is 3. The number of quaternary nitrogens is 1. The SMILES string of the molecule is CCCOC(=O)c1ccc(NC(=O)C[NH+]2CCN(C(=O)c3ccccc3)CC2)cc1. The number of hydrogen-bond donors (Lipinski definition) is 2. The lowest BCUT2D eigenvalue weighted by Crippen LogP contribution is -3.15. The number of nitrogens with one attached hydrogen (secondary N) is 2. The van der Waals surface area contributed by atoms with Crippen LogP contribution in [-0.4, -0.2) is 62.0 Å². The summed E-state index contributed by atoms with van der Waals surface area (Å²) in [5.41, 5.74) is 1.80. The summed E-state index contributed by atoms with van der Waals surface area (Å²) in [5, 5.41) is 2.87. The van der Waals surface area contributed by atoms with Crippen LogP contribution in [0.15, 0.2) is 54.6 Å². The minimum absolute atomic E-state index is 0.0386. The first-order chi connectivity index (χ1) is 14.6. The van der Waals surface area contributed by atoms with E-state index in [2.05, 4.69) is 5.32 Å². The maximum atomic E-state index is 12.5. The van der Waals surface area contributed by atoms with Gasteiger partial charge in [0.1, 0.15) is 0 Å². The smallest absolute Gasteiger partial charge is 0.338 e. The molecule has 2 N–H and O–H groups in total. The van der Waals surface area contributed by atoms with Gasteiger partial charge in [-0.15, -0.1) is 0 Å². The molecule has 3 rings (SSSR count). The predicted octanol–water partition coefficient (Wildman–Crippen LogP) is 1.23. The van der Waals surface area contributed by atoms with E-state index in [-0.39, 0.29) is 17.8 Å². The summed E-state index contributed by atoms with van der Waals surface area (Å²) in [7, 11) is 0. The number of ether oxygens (including phenoxy) is 1. The third-order valence-corrected chi connectivity index (χ3v) is 5.03. The van der Waals surface area contributed by atoms with Crippen LogP contribution in [0.1, 0.15) is 34.1 Å². The molecule has 7 heteroatoms. The normalized spacial score (nSPS) is 14.2. The van der Waals surface area contributed by atoms with Gasteiger partial charge in [0.05, 0.1) is 38.3 Å². The van der Waals surface area contributed by atoms with E-state index in [0.29, 0.717) is 43.1 Å². The molecule has 0 saturated carbocycles. The minimum Gasteiger partial charge on any atom is -0.462 e. The molecule has 0 atom stereocenters. The number of rotatable bonds is 7. The molecule has 0 aliphatic carbocycles. The molecule has 7 nitrogen and oxygen atoms in total. The monoisotopic (exact) mass is 410 g/mol. The zero-order valence-corrected chi connectivity index (χ0v) is 17.2. The maximum Gasteiger partial charge on any atom is 0.338 e. The Labute approximate surface area is 176 Å². The molecule has 2 aromatic rings. The van der Waals surface area contributed by atoms with Crippen LogP contribution in [0.25, 0.3) is 0 Å². The second-order valence-electron chi connectivity index (χ2n) is 7.35. The Balaban J connectivity index is 1.44. The Kier molecular flexibility index (Phi) is 7.57. The fourth-order valence-corrected chi connectivity index (χ4v) is 3.37. The van der Waals surface area contributed by atoms with Crippen molar-refractivity contribution in [2.45, 2.75) is 13.3 Å². The molecule has 1 fully saturated rings. The quantitative estimate of drug-likeness (QED) is 0.673. The zero-order valence-electron chi connectivity index (χ0n) is 17.2. The first kappa shape index (κ1) is 21.5. The molecular formula is C23H28N3O4+. The van der Waals surface area contributed by atoms with E-state index in [1.165, 1.54) is 0 Å². The number of amides is 2. The van der Waals surface area contributed by atoms with Gasteiger partial charge in [-0.1, -0.05) is 25.1 Å². The molecule has 2 amide bonds. The van der Waals surface area contributed by atoms with Crippen LogP contribution in [0, 0.1) is 0 Å². The van der Waals surface area contributed by atoms with Crippen molar-refractivity contribution < 1.29 is 24.0 Å². The van der Waals surface area contributed by atoms with E-state index >= 15 is 0 Å². The van der Waals surface area contributed by atoms with Crippen molar-refractivity contribution in [2.75, 3.05) is 44.6 Å². The Morgan fingerprint density at radius 1 is 0.967 bits per heavy atom. The van der Waals surface area contributed by atoms with E-state index < -0.39 is 0 Å². The predicted molar refractivity (Wildman–Crippen MR) is 114 cm³/mol. The van der Waals surface area contributed by atoms with Crippen molar-refractivity contribution >= 4 is 23.5 Å². The van der Waals surface area contributed by atoms with Crippen molar-refractivity contribution in [2.24, 2.45) is 0 Å². The van der Waals surface area contributed by atoms with E-state index in [1.807, 2.05) is 42.2 Å². The standard InChI is InChI=1S/C23H27N3O4/c1-2-16-30-23(29)19-8-10-20(11-9-19)24-21(27)17-25-12-14-26(15-13-25)22(28)18-6-4-3-5-7-18/h3-11H,2,12-17H2,1H3,(H,24,27)/p+1. The van der Waals surface area contributed by atoms with Crippen LogP contribution in [0.3, 0.4) is 0 Å². The zero-order chi connectivity index (χ0) is 21.3. The molecule has 0 bridgehead atoms. The third-order valence-electron chi connectivity index (χ3n) is 5.03. The van der Waals surface area contributed by atoms with Crippen LogP contribution < -0.4 is 10.2 Å². The molecule has 1 aliphatic rings. The van der Waals surface area contributed by atoms with Gasteiger partial charge in [-0.3, -0.25) is 9.59 Å². The Morgan fingerprint density at radius 3 is 2.27 bits per heavy atom. The number of piperazine rings is 1. The van der Waals surface area contributed by atoms with E-state index in [1.54, 1.807) is 24.3 Å². The van der Waals surface area contributed by atoms with Crippen LogP contribution in [0.5, 0.6) is 0 Å².